The number of piperazine rings is 1. The average molecular weight is 651 g/mol. The number of carbonyl (C=O) groups excluding carboxylic acids is 1. The molecule has 0 amide bonds. The van der Waals surface area contributed by atoms with Gasteiger partial charge in [-0.3, -0.25) is 4.90 Å². The topological polar surface area (TPSA) is 78.3 Å². The Morgan fingerprint density at radius 2 is 1.89 bits per heavy atom. The Hall–Kier alpha value is -3.93. The Kier molecular flexibility index (Phi) is 7.11. The first-order chi connectivity index (χ1) is 22.2. The summed E-state index contributed by atoms with van der Waals surface area (Å²) in [7, 11) is 1.28. The number of fused-ring (bicyclic) bond motifs is 3. The average Bonchev–Trinajstić information content (AvgIpc) is 3.52. The van der Waals surface area contributed by atoms with Crippen molar-refractivity contribution in [2.75, 3.05) is 31.7 Å². The van der Waals surface area contributed by atoms with E-state index in [1.54, 1.807) is 25.1 Å². The molecule has 8 rings (SSSR count). The summed E-state index contributed by atoms with van der Waals surface area (Å²) in [5.41, 5.74) is 2.14. The lowest BCUT2D eigenvalue weighted by Gasteiger charge is -2.54. The summed E-state index contributed by atoms with van der Waals surface area (Å²) in [6.45, 7) is 4.94. The van der Waals surface area contributed by atoms with Gasteiger partial charge in [-0.25, -0.2) is 18.6 Å². The SMILES string of the molecule is COC(=O)c1cc(F)c2nc(CN3CCN(c4cccc5c4O[C@](C)(c4ccc(Cl)cc4F)O5)[C@H]4CC[C@H]43)n(C[C@@H]3CCO3)c2c1. The van der Waals surface area contributed by atoms with Crippen molar-refractivity contribution in [3.8, 4) is 11.5 Å². The Labute approximate surface area is 269 Å². The first kappa shape index (κ1) is 29.5. The van der Waals surface area contributed by atoms with Gasteiger partial charge in [-0.1, -0.05) is 17.7 Å². The van der Waals surface area contributed by atoms with Crippen LogP contribution in [0.3, 0.4) is 0 Å². The van der Waals surface area contributed by atoms with Crippen molar-refractivity contribution in [3.05, 3.63) is 82.1 Å². The number of ether oxygens (including phenoxy) is 4. The predicted molar refractivity (Wildman–Crippen MR) is 166 cm³/mol. The minimum atomic E-state index is -1.33. The molecule has 0 radical (unpaired) electrons. The quantitative estimate of drug-likeness (QED) is 0.224. The summed E-state index contributed by atoms with van der Waals surface area (Å²) in [4.78, 5) is 21.8. The number of carbonyl (C=O) groups is 1. The van der Waals surface area contributed by atoms with Gasteiger partial charge in [0.2, 0.25) is 0 Å². The fraction of sp³-hybridized carbons (Fsp3) is 0.412. The highest BCUT2D eigenvalue weighted by atomic mass is 35.5. The van der Waals surface area contributed by atoms with E-state index < -0.39 is 23.4 Å². The first-order valence-corrected chi connectivity index (χ1v) is 16.0. The van der Waals surface area contributed by atoms with E-state index in [0.29, 0.717) is 41.7 Å². The second kappa shape index (κ2) is 11.1. The van der Waals surface area contributed by atoms with Gasteiger partial charge in [0, 0.05) is 43.7 Å². The summed E-state index contributed by atoms with van der Waals surface area (Å²) in [6.07, 6.45) is 2.94. The van der Waals surface area contributed by atoms with Gasteiger partial charge in [-0.05, 0) is 61.7 Å². The number of hydrogen-bond donors (Lipinski definition) is 0. The summed E-state index contributed by atoms with van der Waals surface area (Å²) in [5.74, 6) is -1.07. The molecule has 3 fully saturated rings. The highest BCUT2D eigenvalue weighted by Crippen LogP contribution is 2.51. The van der Waals surface area contributed by atoms with Crippen molar-refractivity contribution in [1.82, 2.24) is 14.5 Å². The van der Waals surface area contributed by atoms with Crippen molar-refractivity contribution in [3.63, 3.8) is 0 Å². The minimum Gasteiger partial charge on any atom is -0.465 e. The van der Waals surface area contributed by atoms with Gasteiger partial charge < -0.3 is 28.4 Å². The van der Waals surface area contributed by atoms with Crippen molar-refractivity contribution in [2.24, 2.45) is 0 Å². The number of rotatable bonds is 7. The van der Waals surface area contributed by atoms with Crippen LogP contribution in [0.15, 0.2) is 48.5 Å². The molecule has 3 aliphatic heterocycles. The normalized spacial score (nSPS) is 25.2. The molecule has 1 saturated carbocycles. The van der Waals surface area contributed by atoms with Crippen LogP contribution in [0.2, 0.25) is 5.02 Å². The maximum absolute atomic E-state index is 15.3. The third-order valence-corrected chi connectivity index (χ3v) is 10.1. The van der Waals surface area contributed by atoms with Crippen molar-refractivity contribution in [1.29, 1.82) is 0 Å². The number of esters is 1. The number of benzene rings is 3. The number of anilines is 1. The van der Waals surface area contributed by atoms with Crippen LogP contribution in [0.5, 0.6) is 11.5 Å². The molecule has 240 valence electrons. The Morgan fingerprint density at radius 3 is 2.61 bits per heavy atom. The third-order valence-electron chi connectivity index (χ3n) is 9.82. The van der Waals surface area contributed by atoms with E-state index in [4.69, 9.17) is 35.5 Å². The maximum atomic E-state index is 15.3. The van der Waals surface area contributed by atoms with E-state index in [-0.39, 0.29) is 34.8 Å². The molecule has 0 N–H and O–H groups in total. The first-order valence-electron chi connectivity index (χ1n) is 15.6. The fourth-order valence-corrected chi connectivity index (χ4v) is 7.39. The van der Waals surface area contributed by atoms with Crippen molar-refractivity contribution >= 4 is 34.3 Å². The van der Waals surface area contributed by atoms with Gasteiger partial charge >= 0.3 is 5.97 Å². The summed E-state index contributed by atoms with van der Waals surface area (Å²) < 4.78 is 55.4. The van der Waals surface area contributed by atoms with Gasteiger partial charge in [-0.2, -0.15) is 0 Å². The Morgan fingerprint density at radius 1 is 1.07 bits per heavy atom. The van der Waals surface area contributed by atoms with Crippen LogP contribution < -0.4 is 14.4 Å². The summed E-state index contributed by atoms with van der Waals surface area (Å²) in [6, 6.07) is 13.6. The van der Waals surface area contributed by atoms with Crippen LogP contribution in [-0.2, 0) is 28.4 Å². The molecule has 9 nitrogen and oxygen atoms in total. The van der Waals surface area contributed by atoms with Crippen LogP contribution in [0.1, 0.15) is 47.9 Å². The van der Waals surface area contributed by atoms with Gasteiger partial charge in [0.05, 0.1) is 48.6 Å². The van der Waals surface area contributed by atoms with E-state index in [1.165, 1.54) is 19.2 Å². The van der Waals surface area contributed by atoms with E-state index in [9.17, 15) is 9.18 Å². The van der Waals surface area contributed by atoms with Crippen LogP contribution in [-0.4, -0.2) is 65.4 Å². The molecule has 0 unspecified atom stereocenters. The Balaban J connectivity index is 1.06. The molecule has 4 aromatic rings. The lowest BCUT2D eigenvalue weighted by molar-refractivity contribution is -0.0706. The molecule has 12 heteroatoms. The number of hydrogen-bond acceptors (Lipinski definition) is 8. The lowest BCUT2D eigenvalue weighted by Crippen LogP contribution is -2.64. The summed E-state index contributed by atoms with van der Waals surface area (Å²) in [5, 5.41) is 0.304. The molecular weight excluding hydrogens is 618 g/mol. The van der Waals surface area contributed by atoms with Crippen LogP contribution in [0, 0.1) is 11.6 Å². The number of para-hydroxylation sites is 1. The highest BCUT2D eigenvalue weighted by Gasteiger charge is 2.47. The second-order valence-electron chi connectivity index (χ2n) is 12.5. The molecule has 0 spiro atoms. The monoisotopic (exact) mass is 650 g/mol. The van der Waals surface area contributed by atoms with Gasteiger partial charge in [0.1, 0.15) is 17.2 Å². The zero-order chi connectivity index (χ0) is 31.7. The smallest absolute Gasteiger partial charge is 0.338 e. The van der Waals surface area contributed by atoms with Gasteiger partial charge in [0.25, 0.3) is 5.79 Å². The minimum absolute atomic E-state index is 0.0173. The predicted octanol–water partition coefficient (Wildman–Crippen LogP) is 6.04. The number of imidazole rings is 1. The van der Waals surface area contributed by atoms with E-state index in [1.807, 2.05) is 22.8 Å². The molecule has 1 aliphatic carbocycles. The van der Waals surface area contributed by atoms with Crippen molar-refractivity contribution < 1.29 is 32.5 Å². The lowest BCUT2D eigenvalue weighted by atomic mass is 9.81. The number of methoxy groups -OCH3 is 1. The summed E-state index contributed by atoms with van der Waals surface area (Å²) >= 11 is 6.00. The van der Waals surface area contributed by atoms with E-state index in [0.717, 1.165) is 43.9 Å². The molecule has 4 aliphatic rings. The van der Waals surface area contributed by atoms with Crippen LogP contribution >= 0.6 is 11.6 Å². The fourth-order valence-electron chi connectivity index (χ4n) is 7.23. The molecule has 3 aromatic carbocycles. The largest absolute Gasteiger partial charge is 0.465 e. The molecule has 4 atom stereocenters. The second-order valence-corrected chi connectivity index (χ2v) is 12.9. The van der Waals surface area contributed by atoms with Gasteiger partial charge in [0.15, 0.2) is 17.3 Å². The van der Waals surface area contributed by atoms with E-state index >= 15 is 4.39 Å². The molecule has 0 bridgehead atoms. The van der Waals surface area contributed by atoms with Crippen molar-refractivity contribution in [2.45, 2.75) is 63.3 Å². The number of nitrogens with zero attached hydrogens (tertiary/aromatic N) is 4. The standard InChI is InChI=1S/C34H33ClF2N4O5/c1-34(22-7-6-20(35)16-23(22)36)45-29-5-3-4-27(32(29)46-34)40-12-11-39(25-8-9-26(25)40)18-30-38-31-24(37)14-19(33(42)43-2)15-28(31)41(30)17-21-10-13-44-21/h3-7,14-16,21,25-26H,8-13,17-18H2,1-2H3/t21-,25+,26-,34+/m0/s1. The molecule has 4 heterocycles. The number of halogens is 3. The highest BCUT2D eigenvalue weighted by molar-refractivity contribution is 6.30. The molecule has 46 heavy (non-hydrogen) atoms. The zero-order valence-electron chi connectivity index (χ0n) is 25.5. The van der Waals surface area contributed by atoms with Crippen LogP contribution in [0.25, 0.3) is 11.0 Å². The molecule has 2 saturated heterocycles. The zero-order valence-corrected chi connectivity index (χ0v) is 26.2. The molecular formula is C34H33ClF2N4O5. The third kappa shape index (κ3) is 4.78. The van der Waals surface area contributed by atoms with E-state index in [2.05, 4.69) is 9.80 Å². The van der Waals surface area contributed by atoms with Gasteiger partial charge in [-0.15, -0.1) is 0 Å². The van der Waals surface area contributed by atoms with Crippen LogP contribution in [0.4, 0.5) is 14.5 Å². The molecule has 1 aromatic heterocycles. The number of aromatic nitrogens is 2. The Bertz CT molecular complexity index is 1870. The maximum Gasteiger partial charge on any atom is 0.338 e.